The van der Waals surface area contributed by atoms with Crippen LogP contribution in [0.4, 0.5) is 5.69 Å². The van der Waals surface area contributed by atoms with E-state index in [2.05, 4.69) is 5.32 Å². The van der Waals surface area contributed by atoms with Gasteiger partial charge in [0.2, 0.25) is 0 Å². The summed E-state index contributed by atoms with van der Waals surface area (Å²) < 4.78 is 10.4. The molecule has 0 saturated heterocycles. The summed E-state index contributed by atoms with van der Waals surface area (Å²) in [6, 6.07) is 17.4. The third-order valence-electron chi connectivity index (χ3n) is 3.73. The molecule has 0 amide bonds. The molecule has 0 aliphatic carbocycles. The average molecular weight is 313 g/mol. The third-order valence-corrected chi connectivity index (χ3v) is 3.73. The first-order chi connectivity index (χ1) is 11.2. The van der Waals surface area contributed by atoms with E-state index < -0.39 is 0 Å². The first kappa shape index (κ1) is 16.9. The molecule has 0 bridgehead atoms. The second-order valence-corrected chi connectivity index (χ2v) is 5.30. The normalized spacial score (nSPS) is 13.0. The summed E-state index contributed by atoms with van der Waals surface area (Å²) >= 11 is 0. The van der Waals surface area contributed by atoms with Gasteiger partial charge in [0.1, 0.15) is 5.75 Å². The van der Waals surface area contributed by atoms with Crippen molar-refractivity contribution in [3.05, 3.63) is 60.2 Å². The third kappa shape index (κ3) is 4.49. The minimum atomic E-state index is -0.306. The Morgan fingerprint density at radius 2 is 1.74 bits per heavy atom. The lowest BCUT2D eigenvalue weighted by atomic mass is 9.94. The van der Waals surface area contributed by atoms with Gasteiger partial charge in [0.25, 0.3) is 0 Å². The molecule has 0 fully saturated rings. The molecule has 2 rings (SSSR count). The fourth-order valence-electron chi connectivity index (χ4n) is 2.43. The second-order valence-electron chi connectivity index (χ2n) is 5.30. The quantitative estimate of drug-likeness (QED) is 0.784. The van der Waals surface area contributed by atoms with Crippen LogP contribution < -0.4 is 10.1 Å². The Kier molecular flexibility index (Phi) is 6.03. The molecule has 0 aliphatic heterocycles. The molecule has 4 heteroatoms. The van der Waals surface area contributed by atoms with Crippen LogP contribution in [-0.2, 0) is 9.53 Å². The number of esters is 1. The summed E-state index contributed by atoms with van der Waals surface area (Å²) in [4.78, 5) is 12.2. The molecule has 4 nitrogen and oxygen atoms in total. The minimum Gasteiger partial charge on any atom is -0.497 e. The summed E-state index contributed by atoms with van der Waals surface area (Å²) in [6.07, 6.45) is 0. The van der Waals surface area contributed by atoms with Gasteiger partial charge < -0.3 is 14.8 Å². The monoisotopic (exact) mass is 313 g/mol. The maximum absolute atomic E-state index is 12.2. The second kappa shape index (κ2) is 8.22. The molecule has 0 heterocycles. The zero-order chi connectivity index (χ0) is 16.7. The van der Waals surface area contributed by atoms with Crippen LogP contribution in [0.25, 0.3) is 0 Å². The van der Waals surface area contributed by atoms with Crippen molar-refractivity contribution in [1.29, 1.82) is 0 Å². The Morgan fingerprint density at radius 1 is 1.09 bits per heavy atom. The van der Waals surface area contributed by atoms with Crippen LogP contribution in [-0.4, -0.2) is 19.7 Å². The van der Waals surface area contributed by atoms with Crippen molar-refractivity contribution < 1.29 is 14.3 Å². The summed E-state index contributed by atoms with van der Waals surface area (Å²) in [5.74, 6) is 0.284. The number of methoxy groups -OCH3 is 1. The molecule has 0 unspecified atom stereocenters. The van der Waals surface area contributed by atoms with E-state index in [1.807, 2.05) is 68.4 Å². The molecule has 0 saturated carbocycles. The summed E-state index contributed by atoms with van der Waals surface area (Å²) in [7, 11) is 1.64. The van der Waals surface area contributed by atoms with Crippen molar-refractivity contribution in [1.82, 2.24) is 0 Å². The first-order valence-corrected chi connectivity index (χ1v) is 7.78. The molecular weight excluding hydrogens is 290 g/mol. The largest absolute Gasteiger partial charge is 0.497 e. The van der Waals surface area contributed by atoms with Gasteiger partial charge in [0, 0.05) is 5.69 Å². The molecular formula is C19H23NO3. The Bertz CT molecular complexity index is 610. The van der Waals surface area contributed by atoms with Crippen LogP contribution in [0.1, 0.15) is 25.5 Å². The van der Waals surface area contributed by atoms with E-state index in [-0.39, 0.29) is 17.9 Å². The Labute approximate surface area is 137 Å². The number of carbonyl (C=O) groups is 1. The van der Waals surface area contributed by atoms with Crippen molar-refractivity contribution in [3.63, 3.8) is 0 Å². The number of nitrogens with one attached hydrogen (secondary N) is 1. The molecule has 0 aliphatic rings. The van der Waals surface area contributed by atoms with Gasteiger partial charge in [0.05, 0.1) is 25.7 Å². The SMILES string of the molecule is CCOC(=O)[C@@H](C)[C@H](Nc1ccc(OC)cc1)c1ccccc1. The maximum Gasteiger partial charge on any atom is 0.311 e. The molecule has 0 aromatic heterocycles. The number of hydrogen-bond acceptors (Lipinski definition) is 4. The van der Waals surface area contributed by atoms with Crippen LogP contribution >= 0.6 is 0 Å². The lowest BCUT2D eigenvalue weighted by Gasteiger charge is -2.25. The number of rotatable bonds is 7. The molecule has 2 atom stereocenters. The number of anilines is 1. The molecule has 122 valence electrons. The standard InChI is InChI=1S/C19H23NO3/c1-4-23-19(21)14(2)18(15-8-6-5-7-9-15)20-16-10-12-17(22-3)13-11-16/h5-14,18,20H,4H2,1-3H3/t14-,18-/m0/s1. The topological polar surface area (TPSA) is 47.6 Å². The Balaban J connectivity index is 2.24. The van der Waals surface area contributed by atoms with Crippen molar-refractivity contribution in [2.75, 3.05) is 19.0 Å². The molecule has 2 aromatic carbocycles. The average Bonchev–Trinajstić information content (AvgIpc) is 2.60. The molecule has 1 N–H and O–H groups in total. The van der Waals surface area contributed by atoms with Crippen molar-refractivity contribution in [2.24, 2.45) is 5.92 Å². The summed E-state index contributed by atoms with van der Waals surface area (Å²) in [5, 5.41) is 3.43. The highest BCUT2D eigenvalue weighted by molar-refractivity contribution is 5.74. The highest BCUT2D eigenvalue weighted by Gasteiger charge is 2.26. The number of hydrogen-bond donors (Lipinski definition) is 1. The predicted octanol–water partition coefficient (Wildman–Crippen LogP) is 4.05. The smallest absolute Gasteiger partial charge is 0.311 e. The first-order valence-electron chi connectivity index (χ1n) is 7.78. The maximum atomic E-state index is 12.2. The van der Waals surface area contributed by atoms with E-state index >= 15 is 0 Å². The predicted molar refractivity (Wildman–Crippen MR) is 91.6 cm³/mol. The van der Waals surface area contributed by atoms with Gasteiger partial charge in [-0.05, 0) is 43.7 Å². The molecule has 0 radical (unpaired) electrons. The highest BCUT2D eigenvalue weighted by Crippen LogP contribution is 2.28. The van der Waals surface area contributed by atoms with E-state index in [4.69, 9.17) is 9.47 Å². The van der Waals surface area contributed by atoms with Gasteiger partial charge in [0.15, 0.2) is 0 Å². The van der Waals surface area contributed by atoms with E-state index in [1.54, 1.807) is 7.11 Å². The van der Waals surface area contributed by atoms with Crippen molar-refractivity contribution in [2.45, 2.75) is 19.9 Å². The molecule has 0 spiro atoms. The number of ether oxygens (including phenoxy) is 2. The van der Waals surface area contributed by atoms with Crippen LogP contribution in [0, 0.1) is 5.92 Å². The van der Waals surface area contributed by atoms with Gasteiger partial charge in [-0.15, -0.1) is 0 Å². The van der Waals surface area contributed by atoms with E-state index in [1.165, 1.54) is 0 Å². The summed E-state index contributed by atoms with van der Waals surface area (Å²) in [6.45, 7) is 4.08. The lowest BCUT2D eigenvalue weighted by Crippen LogP contribution is -2.27. The van der Waals surface area contributed by atoms with Crippen molar-refractivity contribution >= 4 is 11.7 Å². The Hall–Kier alpha value is -2.49. The van der Waals surface area contributed by atoms with Gasteiger partial charge >= 0.3 is 5.97 Å². The zero-order valence-corrected chi connectivity index (χ0v) is 13.8. The molecule has 23 heavy (non-hydrogen) atoms. The van der Waals surface area contributed by atoms with Crippen LogP contribution in [0.3, 0.4) is 0 Å². The van der Waals surface area contributed by atoms with E-state index in [9.17, 15) is 4.79 Å². The van der Waals surface area contributed by atoms with Gasteiger partial charge in [-0.1, -0.05) is 30.3 Å². The minimum absolute atomic E-state index is 0.163. The van der Waals surface area contributed by atoms with Crippen LogP contribution in [0.15, 0.2) is 54.6 Å². The highest BCUT2D eigenvalue weighted by atomic mass is 16.5. The fraction of sp³-hybridized carbons (Fsp3) is 0.316. The lowest BCUT2D eigenvalue weighted by molar-refractivity contribution is -0.147. The van der Waals surface area contributed by atoms with Gasteiger partial charge in [-0.2, -0.15) is 0 Å². The van der Waals surface area contributed by atoms with Crippen molar-refractivity contribution in [3.8, 4) is 5.75 Å². The van der Waals surface area contributed by atoms with Gasteiger partial charge in [-0.3, -0.25) is 4.79 Å². The van der Waals surface area contributed by atoms with Gasteiger partial charge in [-0.25, -0.2) is 0 Å². The Morgan fingerprint density at radius 3 is 2.30 bits per heavy atom. The zero-order valence-electron chi connectivity index (χ0n) is 13.8. The number of carbonyl (C=O) groups excluding carboxylic acids is 1. The van der Waals surface area contributed by atoms with Crippen LogP contribution in [0.2, 0.25) is 0 Å². The summed E-state index contributed by atoms with van der Waals surface area (Å²) in [5.41, 5.74) is 1.97. The number of benzene rings is 2. The van der Waals surface area contributed by atoms with E-state index in [0.29, 0.717) is 6.61 Å². The van der Waals surface area contributed by atoms with Crippen LogP contribution in [0.5, 0.6) is 5.75 Å². The fourth-order valence-corrected chi connectivity index (χ4v) is 2.43. The van der Waals surface area contributed by atoms with E-state index in [0.717, 1.165) is 17.0 Å². The molecule has 2 aromatic rings.